The fourth-order valence-electron chi connectivity index (χ4n) is 6.19. The zero-order valence-corrected chi connectivity index (χ0v) is 28.9. The predicted octanol–water partition coefficient (Wildman–Crippen LogP) is 3.11. The van der Waals surface area contributed by atoms with Crippen molar-refractivity contribution in [2.24, 2.45) is 0 Å². The Morgan fingerprint density at radius 1 is 1.09 bits per heavy atom. The number of hydrogen-bond donors (Lipinski definition) is 2. The molecule has 0 aliphatic carbocycles. The van der Waals surface area contributed by atoms with E-state index in [2.05, 4.69) is 61.1 Å². The summed E-state index contributed by atoms with van der Waals surface area (Å²) >= 11 is 1.46. The van der Waals surface area contributed by atoms with Crippen LogP contribution in [-0.2, 0) is 26.9 Å². The number of benzene rings is 1. The number of carbonyl (C=O) groups excluding carboxylic acids is 1. The molecule has 1 amide bonds. The molecule has 3 aromatic heterocycles. The molecule has 2 aliphatic rings. The Labute approximate surface area is 279 Å². The summed E-state index contributed by atoms with van der Waals surface area (Å²) in [6.07, 6.45) is 3.61. The monoisotopic (exact) mass is 682 g/mol. The molecule has 4 aromatic rings. The van der Waals surface area contributed by atoms with Crippen molar-refractivity contribution in [1.29, 1.82) is 0 Å². The van der Waals surface area contributed by atoms with Crippen molar-refractivity contribution in [1.82, 2.24) is 34.9 Å². The number of piperazine rings is 1. The number of morpholine rings is 1. The first kappa shape index (κ1) is 33.4. The molecule has 252 valence electrons. The number of pyridine rings is 1. The lowest BCUT2D eigenvalue weighted by Crippen LogP contribution is -2.45. The van der Waals surface area contributed by atoms with Crippen LogP contribution in [0, 0.1) is 0 Å². The summed E-state index contributed by atoms with van der Waals surface area (Å²) in [5.74, 6) is -0.178. The highest BCUT2D eigenvalue weighted by Crippen LogP contribution is 2.32. The molecule has 2 aliphatic heterocycles. The summed E-state index contributed by atoms with van der Waals surface area (Å²) in [4.78, 5) is 29.2. The summed E-state index contributed by atoms with van der Waals surface area (Å²) in [5.41, 5.74) is 3.52. The van der Waals surface area contributed by atoms with Gasteiger partial charge in [-0.15, -0.1) is 11.3 Å². The lowest BCUT2D eigenvalue weighted by molar-refractivity contribution is -0.0705. The van der Waals surface area contributed by atoms with E-state index in [1.165, 1.54) is 18.4 Å². The molecule has 2 saturated heterocycles. The average Bonchev–Trinajstić information content (AvgIpc) is 3.70. The molecular formula is C32H42N8O5S2. The third kappa shape index (κ3) is 8.34. The Morgan fingerprint density at radius 3 is 2.60 bits per heavy atom. The highest BCUT2D eigenvalue weighted by atomic mass is 32.2. The Morgan fingerprint density at radius 2 is 1.85 bits per heavy atom. The number of ether oxygens (including phenoxy) is 2. The van der Waals surface area contributed by atoms with E-state index in [0.29, 0.717) is 41.1 Å². The van der Waals surface area contributed by atoms with Crippen LogP contribution in [0.15, 0.2) is 36.0 Å². The number of hydrogen-bond acceptors (Lipinski definition) is 12. The Bertz CT molecular complexity index is 1810. The molecule has 1 aromatic carbocycles. The van der Waals surface area contributed by atoms with E-state index in [0.717, 1.165) is 55.2 Å². The van der Waals surface area contributed by atoms with Gasteiger partial charge in [0.25, 0.3) is 5.91 Å². The summed E-state index contributed by atoms with van der Waals surface area (Å²) in [7, 11) is 0.124. The number of methoxy groups -OCH3 is 1. The third-order valence-corrected chi connectivity index (χ3v) is 11.0. The minimum Gasteiger partial charge on any atom is -0.481 e. The zero-order valence-electron chi connectivity index (χ0n) is 27.2. The van der Waals surface area contributed by atoms with Crippen LogP contribution in [0.5, 0.6) is 5.88 Å². The molecule has 47 heavy (non-hydrogen) atoms. The number of anilines is 1. The van der Waals surface area contributed by atoms with Gasteiger partial charge in [0.1, 0.15) is 10.7 Å². The van der Waals surface area contributed by atoms with Gasteiger partial charge in [-0.25, -0.2) is 18.4 Å². The largest absolute Gasteiger partial charge is 0.481 e. The van der Waals surface area contributed by atoms with Gasteiger partial charge in [-0.05, 0) is 44.7 Å². The minimum absolute atomic E-state index is 0.0589. The topological polar surface area (TPSA) is 146 Å². The SMILES string of the molecule is COc1ncc(-c2cc(NC(=O)c3csc(CN4C[C@@H](C)O[C@@H](C)C4)n3)c3cn[nH]c3c2)cc1CS(=O)(=O)CCN1CCN(C)CC1. The molecule has 0 saturated carbocycles. The molecule has 0 radical (unpaired) electrons. The van der Waals surface area contributed by atoms with E-state index in [9.17, 15) is 13.2 Å². The molecule has 2 fully saturated rings. The number of nitrogens with one attached hydrogen (secondary N) is 2. The molecule has 2 N–H and O–H groups in total. The van der Waals surface area contributed by atoms with Gasteiger partial charge in [0.15, 0.2) is 9.84 Å². The van der Waals surface area contributed by atoms with Crippen LogP contribution in [-0.4, -0.2) is 127 Å². The van der Waals surface area contributed by atoms with Crippen molar-refractivity contribution in [3.05, 3.63) is 52.2 Å². The average molecular weight is 683 g/mol. The third-order valence-electron chi connectivity index (χ3n) is 8.59. The number of sulfone groups is 1. The van der Waals surface area contributed by atoms with Gasteiger partial charge in [-0.1, -0.05) is 0 Å². The van der Waals surface area contributed by atoms with Crippen LogP contribution in [0.25, 0.3) is 22.0 Å². The minimum atomic E-state index is -3.44. The fourth-order valence-corrected chi connectivity index (χ4v) is 8.37. The highest BCUT2D eigenvalue weighted by Gasteiger charge is 2.24. The van der Waals surface area contributed by atoms with Crippen LogP contribution >= 0.6 is 11.3 Å². The maximum absolute atomic E-state index is 13.4. The first-order valence-electron chi connectivity index (χ1n) is 15.8. The standard InChI is InChI=1S/C32H42N8O5S2/c1-21-16-40(17-22(2)45-21)18-30-35-29(19-46-30)31(41)36-27-12-23(13-28-26(27)15-34-37-28)24-11-25(32(44-4)33-14-24)20-47(42,43)10-9-39-7-5-38(3)6-8-39/h11-15,19,21-22H,5-10,16-18,20H2,1-4H3,(H,34,37)(H,36,41)/t21-,22+. The zero-order chi connectivity index (χ0) is 33.1. The molecule has 0 unspecified atom stereocenters. The lowest BCUT2D eigenvalue weighted by Gasteiger charge is -2.34. The number of amides is 1. The lowest BCUT2D eigenvalue weighted by atomic mass is 10.0. The number of aromatic amines is 1. The molecular weight excluding hydrogens is 641 g/mol. The second kappa shape index (κ2) is 14.3. The summed E-state index contributed by atoms with van der Waals surface area (Å²) < 4.78 is 37.7. The summed E-state index contributed by atoms with van der Waals surface area (Å²) in [6, 6.07) is 5.54. The van der Waals surface area contributed by atoms with Gasteiger partial charge >= 0.3 is 0 Å². The number of likely N-dealkylation sites (N-methyl/N-ethyl adjacent to an activating group) is 1. The number of carbonyl (C=O) groups is 1. The number of nitrogens with zero attached hydrogens (tertiary/aromatic N) is 6. The number of H-pyrrole nitrogens is 1. The Hall–Kier alpha value is -3.47. The van der Waals surface area contributed by atoms with Crippen LogP contribution < -0.4 is 10.1 Å². The number of thiazole rings is 1. The van der Waals surface area contributed by atoms with Crippen molar-refractivity contribution < 1.29 is 22.7 Å². The maximum Gasteiger partial charge on any atom is 0.275 e. The van der Waals surface area contributed by atoms with E-state index < -0.39 is 9.84 Å². The summed E-state index contributed by atoms with van der Waals surface area (Å²) in [5, 5.41) is 13.6. The van der Waals surface area contributed by atoms with Crippen molar-refractivity contribution in [2.45, 2.75) is 38.4 Å². The van der Waals surface area contributed by atoms with Crippen LogP contribution in [0.4, 0.5) is 5.69 Å². The van der Waals surface area contributed by atoms with E-state index in [1.54, 1.807) is 23.8 Å². The molecule has 6 rings (SSSR count). The fraction of sp³-hybridized carbons (Fsp3) is 0.500. The molecule has 13 nitrogen and oxygen atoms in total. The molecule has 5 heterocycles. The molecule has 2 atom stereocenters. The van der Waals surface area contributed by atoms with Crippen LogP contribution in [0.2, 0.25) is 0 Å². The highest BCUT2D eigenvalue weighted by molar-refractivity contribution is 7.90. The maximum atomic E-state index is 13.4. The van der Waals surface area contributed by atoms with E-state index in [-0.39, 0.29) is 35.5 Å². The second-order valence-electron chi connectivity index (χ2n) is 12.5. The van der Waals surface area contributed by atoms with Crippen molar-refractivity contribution in [3.8, 4) is 17.0 Å². The van der Waals surface area contributed by atoms with Crippen molar-refractivity contribution >= 4 is 43.7 Å². The van der Waals surface area contributed by atoms with Crippen LogP contribution in [0.1, 0.15) is 34.9 Å². The predicted molar refractivity (Wildman–Crippen MR) is 183 cm³/mol. The molecule has 15 heteroatoms. The van der Waals surface area contributed by atoms with Crippen molar-refractivity contribution in [2.75, 3.05) is 71.0 Å². The number of rotatable bonds is 11. The van der Waals surface area contributed by atoms with Gasteiger partial charge in [0.05, 0.1) is 54.8 Å². The first-order valence-corrected chi connectivity index (χ1v) is 18.5. The van der Waals surface area contributed by atoms with Crippen LogP contribution in [0.3, 0.4) is 0 Å². The quantitative estimate of drug-likeness (QED) is 0.241. The van der Waals surface area contributed by atoms with E-state index in [1.807, 2.05) is 12.1 Å². The van der Waals surface area contributed by atoms with Gasteiger partial charge < -0.3 is 19.7 Å². The summed E-state index contributed by atoms with van der Waals surface area (Å²) in [6.45, 7) is 10.5. The van der Waals surface area contributed by atoms with E-state index >= 15 is 0 Å². The Balaban J connectivity index is 1.18. The number of fused-ring (bicyclic) bond motifs is 1. The van der Waals surface area contributed by atoms with E-state index in [4.69, 9.17) is 9.47 Å². The first-order chi connectivity index (χ1) is 22.5. The normalized spacial score (nSPS) is 20.1. The van der Waals surface area contributed by atoms with Gasteiger partial charge in [0.2, 0.25) is 5.88 Å². The van der Waals surface area contributed by atoms with Gasteiger partial charge in [-0.2, -0.15) is 5.10 Å². The van der Waals surface area contributed by atoms with Gasteiger partial charge in [0, 0.05) is 73.9 Å². The van der Waals surface area contributed by atoms with Crippen molar-refractivity contribution in [3.63, 3.8) is 0 Å². The molecule has 0 spiro atoms. The Kier molecular flexibility index (Phi) is 10.2. The smallest absolute Gasteiger partial charge is 0.275 e. The second-order valence-corrected chi connectivity index (χ2v) is 15.6. The number of aromatic nitrogens is 4. The van der Waals surface area contributed by atoms with Gasteiger partial charge in [-0.3, -0.25) is 19.7 Å². The molecule has 0 bridgehead atoms.